The fourth-order valence-electron chi connectivity index (χ4n) is 1.21. The number of likely N-dealkylation sites (N-methyl/N-ethyl adjacent to an activating group) is 1. The summed E-state index contributed by atoms with van der Waals surface area (Å²) < 4.78 is 5.00. The minimum Gasteiger partial charge on any atom is -0.464 e. The molecule has 3 heteroatoms. The maximum absolute atomic E-state index is 10.9. The zero-order chi connectivity index (χ0) is 11.1. The summed E-state index contributed by atoms with van der Waals surface area (Å²) >= 11 is 0. The van der Waals surface area contributed by atoms with Crippen LogP contribution in [0.25, 0.3) is 0 Å². The monoisotopic (exact) mass is 207 g/mol. The second-order valence-corrected chi connectivity index (χ2v) is 3.33. The average Bonchev–Trinajstić information content (AvgIpc) is 2.29. The molecule has 3 nitrogen and oxygen atoms in total. The van der Waals surface area contributed by atoms with E-state index in [0.717, 1.165) is 12.2 Å². The summed E-state index contributed by atoms with van der Waals surface area (Å²) in [6, 6.07) is 10.0. The van der Waals surface area contributed by atoms with Crippen LogP contribution in [0.3, 0.4) is 0 Å². The number of carbonyl (C=O) groups excluding carboxylic acids is 1. The zero-order valence-electron chi connectivity index (χ0n) is 9.27. The maximum atomic E-state index is 10.9. The van der Waals surface area contributed by atoms with Gasteiger partial charge in [-0.25, -0.2) is 0 Å². The molecule has 0 radical (unpaired) electrons. The van der Waals surface area contributed by atoms with Gasteiger partial charge in [-0.15, -0.1) is 0 Å². The molecule has 0 saturated carbocycles. The Morgan fingerprint density at radius 3 is 2.60 bits per heavy atom. The van der Waals surface area contributed by atoms with Crippen molar-refractivity contribution in [3.05, 3.63) is 30.3 Å². The summed E-state index contributed by atoms with van der Waals surface area (Å²) in [5.41, 5.74) is 1.13. The van der Waals surface area contributed by atoms with Crippen LogP contribution in [0.5, 0.6) is 0 Å². The highest BCUT2D eigenvalue weighted by atomic mass is 16.5. The van der Waals surface area contributed by atoms with E-state index in [0.29, 0.717) is 13.0 Å². The number of nitrogens with zero attached hydrogens (tertiary/aromatic N) is 1. The first-order valence-electron chi connectivity index (χ1n) is 5.16. The smallest absolute Gasteiger partial charge is 0.305 e. The molecule has 1 aromatic rings. The van der Waals surface area contributed by atoms with E-state index in [1.54, 1.807) is 6.92 Å². The molecule has 0 atom stereocenters. The number of rotatable bonds is 5. The van der Waals surface area contributed by atoms with Crippen molar-refractivity contribution in [2.45, 2.75) is 13.3 Å². The van der Waals surface area contributed by atoms with Crippen LogP contribution in [0.4, 0.5) is 5.69 Å². The lowest BCUT2D eigenvalue weighted by Gasteiger charge is -2.18. The molecule has 15 heavy (non-hydrogen) atoms. The normalized spacial score (nSPS) is 9.73. The fraction of sp³-hybridized carbons (Fsp3) is 0.417. The van der Waals surface area contributed by atoms with Gasteiger partial charge in [-0.1, -0.05) is 25.1 Å². The Morgan fingerprint density at radius 1 is 1.33 bits per heavy atom. The van der Waals surface area contributed by atoms with Gasteiger partial charge < -0.3 is 9.64 Å². The summed E-state index contributed by atoms with van der Waals surface area (Å²) in [4.78, 5) is 12.9. The van der Waals surface area contributed by atoms with E-state index in [9.17, 15) is 4.79 Å². The third kappa shape index (κ3) is 4.02. The Balaban J connectivity index is 2.31. The van der Waals surface area contributed by atoms with Crippen LogP contribution in [-0.2, 0) is 9.53 Å². The Hall–Kier alpha value is -1.51. The summed E-state index contributed by atoms with van der Waals surface area (Å²) in [5.74, 6) is -0.142. The van der Waals surface area contributed by atoms with Crippen LogP contribution in [0, 0.1) is 0 Å². The van der Waals surface area contributed by atoms with Crippen molar-refractivity contribution in [1.29, 1.82) is 0 Å². The predicted octanol–water partition coefficient (Wildman–Crippen LogP) is 2.08. The number of carbonyl (C=O) groups is 1. The molecule has 0 amide bonds. The van der Waals surface area contributed by atoms with E-state index in [4.69, 9.17) is 4.74 Å². The second kappa shape index (κ2) is 6.06. The second-order valence-electron chi connectivity index (χ2n) is 3.33. The lowest BCUT2D eigenvalue weighted by molar-refractivity contribution is -0.142. The molecule has 0 heterocycles. The molecule has 82 valence electrons. The van der Waals surface area contributed by atoms with Crippen LogP contribution in [-0.4, -0.2) is 26.2 Å². The summed E-state index contributed by atoms with van der Waals surface area (Å²) in [7, 11) is 1.98. The number of ether oxygens (including phenoxy) is 1. The molecule has 0 aromatic heterocycles. The molecule has 0 aliphatic carbocycles. The van der Waals surface area contributed by atoms with Gasteiger partial charge in [-0.05, 0) is 12.1 Å². The standard InChI is InChI=1S/C12H17NO2/c1-3-12(14)15-10-9-13(2)11-7-5-4-6-8-11/h4-8H,3,9-10H2,1-2H3. The Bertz CT molecular complexity index is 298. The summed E-state index contributed by atoms with van der Waals surface area (Å²) in [6.07, 6.45) is 0.440. The van der Waals surface area contributed by atoms with E-state index < -0.39 is 0 Å². The van der Waals surface area contributed by atoms with Crippen LogP contribution in [0.15, 0.2) is 30.3 Å². The first-order valence-corrected chi connectivity index (χ1v) is 5.16. The summed E-state index contributed by atoms with van der Waals surface area (Å²) in [5, 5.41) is 0. The van der Waals surface area contributed by atoms with E-state index in [-0.39, 0.29) is 5.97 Å². The van der Waals surface area contributed by atoms with Crippen molar-refractivity contribution in [2.24, 2.45) is 0 Å². The lowest BCUT2D eigenvalue weighted by atomic mass is 10.3. The van der Waals surface area contributed by atoms with Crippen LogP contribution in [0.2, 0.25) is 0 Å². The molecule has 0 N–H and O–H groups in total. The van der Waals surface area contributed by atoms with Gasteiger partial charge in [-0.3, -0.25) is 4.79 Å². The number of hydrogen-bond donors (Lipinski definition) is 0. The van der Waals surface area contributed by atoms with Crippen molar-refractivity contribution in [2.75, 3.05) is 25.1 Å². The maximum Gasteiger partial charge on any atom is 0.305 e. The number of esters is 1. The Labute approximate surface area is 90.7 Å². The van der Waals surface area contributed by atoms with Crippen molar-refractivity contribution in [3.8, 4) is 0 Å². The molecule has 0 spiro atoms. The lowest BCUT2D eigenvalue weighted by Crippen LogP contribution is -2.23. The van der Waals surface area contributed by atoms with Crippen LogP contribution in [0.1, 0.15) is 13.3 Å². The van der Waals surface area contributed by atoms with Gasteiger partial charge in [-0.2, -0.15) is 0 Å². The molecule has 1 rings (SSSR count). The minimum absolute atomic E-state index is 0.142. The number of para-hydroxylation sites is 1. The van der Waals surface area contributed by atoms with Crippen molar-refractivity contribution >= 4 is 11.7 Å². The first kappa shape index (κ1) is 11.6. The number of benzene rings is 1. The SMILES string of the molecule is CCC(=O)OCCN(C)c1ccccc1. The van der Waals surface area contributed by atoms with Gasteiger partial charge in [0.1, 0.15) is 6.61 Å². The molecule has 0 saturated heterocycles. The van der Waals surface area contributed by atoms with Crippen molar-refractivity contribution in [3.63, 3.8) is 0 Å². The van der Waals surface area contributed by atoms with Crippen molar-refractivity contribution in [1.82, 2.24) is 0 Å². The van der Waals surface area contributed by atoms with E-state index in [1.807, 2.05) is 37.4 Å². The topological polar surface area (TPSA) is 29.5 Å². The van der Waals surface area contributed by atoms with Crippen LogP contribution >= 0.6 is 0 Å². The molecule has 0 fully saturated rings. The summed E-state index contributed by atoms with van der Waals surface area (Å²) in [6.45, 7) is 2.96. The first-order chi connectivity index (χ1) is 7.24. The van der Waals surface area contributed by atoms with Gasteiger partial charge in [0.05, 0.1) is 6.54 Å². The van der Waals surface area contributed by atoms with Gasteiger partial charge in [0.2, 0.25) is 0 Å². The Morgan fingerprint density at radius 2 is 2.00 bits per heavy atom. The molecule has 1 aromatic carbocycles. The predicted molar refractivity (Wildman–Crippen MR) is 61.0 cm³/mol. The Kier molecular flexibility index (Phi) is 4.68. The minimum atomic E-state index is -0.142. The van der Waals surface area contributed by atoms with Gasteiger partial charge in [0, 0.05) is 19.2 Å². The highest BCUT2D eigenvalue weighted by molar-refractivity contribution is 5.68. The molecule has 0 unspecified atom stereocenters. The number of hydrogen-bond acceptors (Lipinski definition) is 3. The molecule has 0 aliphatic rings. The van der Waals surface area contributed by atoms with E-state index in [2.05, 4.69) is 4.90 Å². The van der Waals surface area contributed by atoms with E-state index in [1.165, 1.54) is 0 Å². The van der Waals surface area contributed by atoms with Crippen molar-refractivity contribution < 1.29 is 9.53 Å². The van der Waals surface area contributed by atoms with E-state index >= 15 is 0 Å². The van der Waals surface area contributed by atoms with Gasteiger partial charge in [0.15, 0.2) is 0 Å². The molecular weight excluding hydrogens is 190 g/mol. The average molecular weight is 207 g/mol. The molecular formula is C12H17NO2. The van der Waals surface area contributed by atoms with Gasteiger partial charge in [0.25, 0.3) is 0 Å². The number of anilines is 1. The fourth-order valence-corrected chi connectivity index (χ4v) is 1.21. The highest BCUT2D eigenvalue weighted by Gasteiger charge is 2.01. The third-order valence-corrected chi connectivity index (χ3v) is 2.18. The highest BCUT2D eigenvalue weighted by Crippen LogP contribution is 2.09. The quantitative estimate of drug-likeness (QED) is 0.692. The van der Waals surface area contributed by atoms with Crippen LogP contribution < -0.4 is 4.90 Å². The van der Waals surface area contributed by atoms with Gasteiger partial charge >= 0.3 is 5.97 Å². The zero-order valence-corrected chi connectivity index (χ0v) is 9.27. The molecule has 0 bridgehead atoms. The largest absolute Gasteiger partial charge is 0.464 e. The third-order valence-electron chi connectivity index (χ3n) is 2.18. The molecule has 0 aliphatic heterocycles.